The van der Waals surface area contributed by atoms with E-state index in [1.54, 1.807) is 6.07 Å². The van der Waals surface area contributed by atoms with Gasteiger partial charge in [-0.05, 0) is 40.5 Å². The van der Waals surface area contributed by atoms with Crippen LogP contribution in [0.1, 0.15) is 46.2 Å². The Labute approximate surface area is 153 Å². The van der Waals surface area contributed by atoms with Crippen LogP contribution in [0.15, 0.2) is 12.3 Å². The first-order chi connectivity index (χ1) is 12.1. The number of aromatic nitrogens is 1. The monoisotopic (exact) mass is 365 g/mol. The fourth-order valence-corrected chi connectivity index (χ4v) is 2.88. The second-order valence-electron chi connectivity index (χ2n) is 7.74. The van der Waals surface area contributed by atoms with Crippen molar-refractivity contribution in [1.29, 1.82) is 0 Å². The summed E-state index contributed by atoms with van der Waals surface area (Å²) >= 11 is 0. The summed E-state index contributed by atoms with van der Waals surface area (Å²) in [6.07, 6.45) is 2.31. The molecule has 1 aromatic rings. The summed E-state index contributed by atoms with van der Waals surface area (Å²) in [4.78, 5) is 28.7. The largest absolute Gasteiger partial charge is 0.506 e. The molecule has 0 spiro atoms. The molecule has 1 fully saturated rings. The van der Waals surface area contributed by atoms with Gasteiger partial charge in [-0.2, -0.15) is 0 Å². The fourth-order valence-electron chi connectivity index (χ4n) is 2.88. The lowest BCUT2D eigenvalue weighted by Crippen LogP contribution is -2.54. The topological polar surface area (TPSA) is 101 Å². The van der Waals surface area contributed by atoms with Crippen LogP contribution < -0.4 is 10.2 Å². The molecule has 0 bridgehead atoms. The molecule has 8 heteroatoms. The van der Waals surface area contributed by atoms with Gasteiger partial charge in [0.25, 0.3) is 6.47 Å². The zero-order chi connectivity index (χ0) is 19.4. The Bertz CT molecular complexity index is 649. The van der Waals surface area contributed by atoms with Crippen LogP contribution in [0.4, 0.5) is 10.5 Å². The number of carbonyl (C=O) groups excluding carboxylic acids is 2. The quantitative estimate of drug-likeness (QED) is 0.772. The van der Waals surface area contributed by atoms with Crippen LogP contribution in [-0.4, -0.2) is 46.9 Å². The number of piperidine rings is 1. The molecule has 0 radical (unpaired) electrons. The highest BCUT2D eigenvalue weighted by atomic mass is 16.6. The summed E-state index contributed by atoms with van der Waals surface area (Å²) in [5.74, 6) is 0.0510. The summed E-state index contributed by atoms with van der Waals surface area (Å²) < 4.78 is 10.1. The summed E-state index contributed by atoms with van der Waals surface area (Å²) in [7, 11) is 0. The molecular formula is C18H27N3O5. The third-order valence-corrected chi connectivity index (χ3v) is 4.23. The standard InChI is InChI=1S/C18H27N3O5/c1-17(2,3)26-16(24)20-18(4)5-7-21(8-6-18)15-9-13(23)10-19-14(15)11-25-12-22/h9-10,12,23H,5-8,11H2,1-4H3,(H,20,24). The van der Waals surface area contributed by atoms with E-state index in [1.165, 1.54) is 6.20 Å². The second-order valence-corrected chi connectivity index (χ2v) is 7.74. The van der Waals surface area contributed by atoms with Crippen LogP contribution in [0.2, 0.25) is 0 Å². The number of amides is 1. The van der Waals surface area contributed by atoms with Gasteiger partial charge in [0.05, 0.1) is 11.9 Å². The molecule has 1 saturated heterocycles. The molecule has 0 aliphatic carbocycles. The summed E-state index contributed by atoms with van der Waals surface area (Å²) in [5.41, 5.74) is 0.398. The van der Waals surface area contributed by atoms with E-state index >= 15 is 0 Å². The number of ether oxygens (including phenoxy) is 2. The molecule has 144 valence electrons. The maximum absolute atomic E-state index is 12.1. The van der Waals surface area contributed by atoms with E-state index in [9.17, 15) is 14.7 Å². The number of nitrogens with one attached hydrogen (secondary N) is 1. The zero-order valence-corrected chi connectivity index (χ0v) is 15.7. The molecule has 0 saturated carbocycles. The number of aromatic hydroxyl groups is 1. The molecule has 8 nitrogen and oxygen atoms in total. The SMILES string of the molecule is CC1(NC(=O)OC(C)(C)C)CCN(c2cc(O)cnc2COC=O)CC1. The molecule has 0 aromatic carbocycles. The lowest BCUT2D eigenvalue weighted by atomic mass is 9.89. The van der Waals surface area contributed by atoms with Crippen molar-refractivity contribution >= 4 is 18.3 Å². The number of anilines is 1. The molecule has 1 aromatic heterocycles. The van der Waals surface area contributed by atoms with Crippen molar-refractivity contribution in [3.63, 3.8) is 0 Å². The first kappa shape index (κ1) is 19.8. The zero-order valence-electron chi connectivity index (χ0n) is 15.7. The Hall–Kier alpha value is -2.51. The smallest absolute Gasteiger partial charge is 0.408 e. The minimum Gasteiger partial charge on any atom is -0.506 e. The van der Waals surface area contributed by atoms with E-state index in [0.29, 0.717) is 38.1 Å². The number of rotatable bonds is 5. The summed E-state index contributed by atoms with van der Waals surface area (Å²) in [5, 5.41) is 12.7. The van der Waals surface area contributed by atoms with Gasteiger partial charge in [0.1, 0.15) is 23.7 Å². The Balaban J connectivity index is 2.02. The maximum atomic E-state index is 12.1. The van der Waals surface area contributed by atoms with Crippen molar-refractivity contribution in [2.45, 2.75) is 58.3 Å². The van der Waals surface area contributed by atoms with Gasteiger partial charge >= 0.3 is 6.09 Å². The van der Waals surface area contributed by atoms with Gasteiger partial charge < -0.3 is 24.8 Å². The van der Waals surface area contributed by atoms with Crippen LogP contribution >= 0.6 is 0 Å². The van der Waals surface area contributed by atoms with E-state index in [4.69, 9.17) is 9.47 Å². The van der Waals surface area contributed by atoms with E-state index < -0.39 is 11.7 Å². The number of carbonyl (C=O) groups is 2. The van der Waals surface area contributed by atoms with Gasteiger partial charge in [0.15, 0.2) is 0 Å². The van der Waals surface area contributed by atoms with Crippen molar-refractivity contribution in [3.8, 4) is 5.75 Å². The molecule has 0 atom stereocenters. The third kappa shape index (κ3) is 5.50. The predicted octanol–water partition coefficient (Wildman–Crippen LogP) is 2.34. The Kier molecular flexibility index (Phi) is 5.94. The van der Waals surface area contributed by atoms with Crippen molar-refractivity contribution in [2.24, 2.45) is 0 Å². The van der Waals surface area contributed by atoms with Crippen LogP contribution in [-0.2, 0) is 20.9 Å². The Morgan fingerprint density at radius 2 is 2.08 bits per heavy atom. The van der Waals surface area contributed by atoms with Gasteiger partial charge in [0.2, 0.25) is 0 Å². The molecule has 2 N–H and O–H groups in total. The van der Waals surface area contributed by atoms with Crippen molar-refractivity contribution in [3.05, 3.63) is 18.0 Å². The number of hydrogen-bond donors (Lipinski definition) is 2. The van der Waals surface area contributed by atoms with Crippen LogP contribution in [0.5, 0.6) is 5.75 Å². The third-order valence-electron chi connectivity index (χ3n) is 4.23. The molecule has 1 amide bonds. The molecular weight excluding hydrogens is 338 g/mol. The van der Waals surface area contributed by atoms with E-state index in [0.717, 1.165) is 5.69 Å². The Morgan fingerprint density at radius 1 is 1.42 bits per heavy atom. The van der Waals surface area contributed by atoms with Gasteiger partial charge in [-0.15, -0.1) is 0 Å². The first-order valence-corrected chi connectivity index (χ1v) is 8.61. The number of nitrogens with zero attached hydrogens (tertiary/aromatic N) is 2. The number of alkyl carbamates (subject to hydrolysis) is 1. The average molecular weight is 365 g/mol. The van der Waals surface area contributed by atoms with E-state index in [2.05, 4.69) is 15.2 Å². The number of hydrogen-bond acceptors (Lipinski definition) is 7. The van der Waals surface area contributed by atoms with E-state index in [-0.39, 0.29) is 17.9 Å². The van der Waals surface area contributed by atoms with Crippen LogP contribution in [0.3, 0.4) is 0 Å². The van der Waals surface area contributed by atoms with Gasteiger partial charge in [0, 0.05) is 24.7 Å². The fraction of sp³-hybridized carbons (Fsp3) is 0.611. The van der Waals surface area contributed by atoms with Crippen LogP contribution in [0.25, 0.3) is 0 Å². The highest BCUT2D eigenvalue weighted by Gasteiger charge is 2.33. The Morgan fingerprint density at radius 3 is 2.65 bits per heavy atom. The summed E-state index contributed by atoms with van der Waals surface area (Å²) in [6.45, 7) is 9.21. The van der Waals surface area contributed by atoms with Crippen molar-refractivity contribution < 1.29 is 24.2 Å². The van der Waals surface area contributed by atoms with Crippen LogP contribution in [0, 0.1) is 0 Å². The number of pyridine rings is 1. The summed E-state index contributed by atoms with van der Waals surface area (Å²) in [6, 6.07) is 1.61. The second kappa shape index (κ2) is 7.80. The predicted molar refractivity (Wildman–Crippen MR) is 96.0 cm³/mol. The van der Waals surface area contributed by atoms with Gasteiger partial charge in [-0.3, -0.25) is 9.78 Å². The average Bonchev–Trinajstić information content (AvgIpc) is 2.52. The molecule has 26 heavy (non-hydrogen) atoms. The van der Waals surface area contributed by atoms with Gasteiger partial charge in [-0.1, -0.05) is 0 Å². The highest BCUT2D eigenvalue weighted by Crippen LogP contribution is 2.30. The highest BCUT2D eigenvalue weighted by molar-refractivity contribution is 5.69. The lowest BCUT2D eigenvalue weighted by Gasteiger charge is -2.41. The maximum Gasteiger partial charge on any atom is 0.408 e. The molecule has 2 heterocycles. The molecule has 2 rings (SSSR count). The molecule has 0 unspecified atom stereocenters. The van der Waals surface area contributed by atoms with Crippen molar-refractivity contribution in [1.82, 2.24) is 10.3 Å². The lowest BCUT2D eigenvalue weighted by molar-refractivity contribution is -0.129. The first-order valence-electron chi connectivity index (χ1n) is 8.61. The van der Waals surface area contributed by atoms with Crippen molar-refractivity contribution in [2.75, 3.05) is 18.0 Å². The normalized spacial score (nSPS) is 16.7. The minimum absolute atomic E-state index is 0.0447. The van der Waals surface area contributed by atoms with E-state index in [1.807, 2.05) is 27.7 Å². The van der Waals surface area contributed by atoms with Gasteiger partial charge in [-0.25, -0.2) is 4.79 Å². The molecule has 1 aliphatic heterocycles. The molecule has 1 aliphatic rings. The minimum atomic E-state index is -0.540.